The maximum absolute atomic E-state index is 11.7. The Bertz CT molecular complexity index is 421. The molecule has 12 heteroatoms. The number of hydrogen-bond acceptors (Lipinski definition) is 8. The van der Waals surface area contributed by atoms with E-state index in [-0.39, 0.29) is 19.5 Å². The highest BCUT2D eigenvalue weighted by molar-refractivity contribution is 5.83. The summed E-state index contributed by atoms with van der Waals surface area (Å²) in [6.07, 6.45) is -0.905. The number of carbonyl (C=O) groups excluding carboxylic acids is 2. The van der Waals surface area contributed by atoms with Gasteiger partial charge in [0, 0.05) is 25.6 Å². The fraction of sp³-hybridized carbons (Fsp3) is 0.750. The minimum Gasteiger partial charge on any atom is -0.480 e. The average Bonchev–Trinajstić information content (AvgIpc) is 2.47. The van der Waals surface area contributed by atoms with Gasteiger partial charge < -0.3 is 37.4 Å². The quantitative estimate of drug-likeness (QED) is 0.123. The van der Waals surface area contributed by atoms with Gasteiger partial charge in [-0.2, -0.15) is 0 Å². The van der Waals surface area contributed by atoms with Gasteiger partial charge in [-0.15, -0.1) is 0 Å². The van der Waals surface area contributed by atoms with Crippen molar-refractivity contribution in [2.75, 3.05) is 19.7 Å². The Balaban J connectivity index is 4.37. The number of carboxylic acid groups (broad SMARTS) is 1. The molecule has 0 heterocycles. The predicted molar refractivity (Wildman–Crippen MR) is 83.4 cm³/mol. The van der Waals surface area contributed by atoms with Crippen molar-refractivity contribution in [3.63, 3.8) is 0 Å². The van der Waals surface area contributed by atoms with Crippen LogP contribution in [0.4, 0.5) is 4.79 Å². The number of aliphatic hydroxyl groups is 2. The maximum Gasteiger partial charge on any atom is 0.328 e. The van der Waals surface area contributed by atoms with Crippen molar-refractivity contribution in [2.45, 2.75) is 37.6 Å². The van der Waals surface area contributed by atoms with Gasteiger partial charge >= 0.3 is 12.0 Å². The van der Waals surface area contributed by atoms with Crippen LogP contribution in [0.25, 0.3) is 0 Å². The molecule has 0 saturated heterocycles. The number of nitrogens with one attached hydrogen (secondary N) is 4. The molecule has 0 aromatic rings. The van der Waals surface area contributed by atoms with Crippen molar-refractivity contribution in [1.29, 1.82) is 0 Å². The molecule has 140 valence electrons. The third kappa shape index (κ3) is 9.91. The van der Waals surface area contributed by atoms with Crippen molar-refractivity contribution < 1.29 is 29.7 Å². The molecule has 0 aliphatic heterocycles. The van der Waals surface area contributed by atoms with E-state index in [4.69, 9.17) is 21.7 Å². The molecule has 3 amide bonds. The molecule has 24 heavy (non-hydrogen) atoms. The topological polar surface area (TPSA) is 212 Å². The summed E-state index contributed by atoms with van der Waals surface area (Å²) in [6, 6.07) is -3.57. The summed E-state index contributed by atoms with van der Waals surface area (Å²) >= 11 is 0. The van der Waals surface area contributed by atoms with Crippen LogP contribution in [0.5, 0.6) is 0 Å². The molecule has 4 atom stereocenters. The van der Waals surface area contributed by atoms with E-state index < -0.39 is 48.7 Å². The molecule has 12 nitrogen and oxygen atoms in total. The van der Waals surface area contributed by atoms with Gasteiger partial charge in [-0.1, -0.05) is 0 Å². The molecule has 0 bridgehead atoms. The number of amides is 3. The van der Waals surface area contributed by atoms with Crippen LogP contribution in [-0.2, 0) is 9.59 Å². The zero-order valence-corrected chi connectivity index (χ0v) is 13.4. The fourth-order valence-electron chi connectivity index (χ4n) is 1.54. The van der Waals surface area contributed by atoms with Crippen LogP contribution in [0.1, 0.15) is 13.3 Å². The SMILES string of the molecule is CC(O)C(N)CNNCC(CC(N)=O)NC(=O)NC(CO)C(=O)O. The third-order valence-corrected chi connectivity index (χ3v) is 3.00. The minimum atomic E-state index is -1.46. The van der Waals surface area contributed by atoms with Gasteiger partial charge in [-0.3, -0.25) is 15.6 Å². The molecule has 4 unspecified atom stereocenters. The van der Waals surface area contributed by atoms with E-state index in [9.17, 15) is 19.5 Å². The van der Waals surface area contributed by atoms with E-state index in [1.54, 1.807) is 0 Å². The van der Waals surface area contributed by atoms with Crippen molar-refractivity contribution in [2.24, 2.45) is 11.5 Å². The monoisotopic (exact) mass is 350 g/mol. The van der Waals surface area contributed by atoms with Crippen LogP contribution in [0.3, 0.4) is 0 Å². The predicted octanol–water partition coefficient (Wildman–Crippen LogP) is -4.22. The van der Waals surface area contributed by atoms with Gasteiger partial charge in [0.1, 0.15) is 0 Å². The normalized spacial score (nSPS) is 15.8. The Hall–Kier alpha value is -1.99. The summed E-state index contributed by atoms with van der Waals surface area (Å²) in [5, 5.41) is 31.2. The first-order chi connectivity index (χ1) is 11.2. The highest BCUT2D eigenvalue weighted by atomic mass is 16.4. The van der Waals surface area contributed by atoms with Gasteiger partial charge in [0.05, 0.1) is 18.8 Å². The largest absolute Gasteiger partial charge is 0.480 e. The Morgan fingerprint density at radius 1 is 1.12 bits per heavy atom. The number of aliphatic carboxylic acids is 1. The molecule has 11 N–H and O–H groups in total. The van der Waals surface area contributed by atoms with Gasteiger partial charge in [-0.05, 0) is 6.92 Å². The summed E-state index contributed by atoms with van der Waals surface area (Å²) in [5.74, 6) is -2.06. The number of carbonyl (C=O) groups is 3. The van der Waals surface area contributed by atoms with Crippen LogP contribution >= 0.6 is 0 Å². The molecule has 0 aliphatic carbocycles. The van der Waals surface area contributed by atoms with E-state index in [0.29, 0.717) is 0 Å². The van der Waals surface area contributed by atoms with Crippen LogP contribution in [-0.4, -0.2) is 77.2 Å². The van der Waals surface area contributed by atoms with Crippen molar-refractivity contribution in [1.82, 2.24) is 21.5 Å². The first kappa shape index (κ1) is 22.0. The Morgan fingerprint density at radius 3 is 2.17 bits per heavy atom. The molecule has 0 spiro atoms. The van der Waals surface area contributed by atoms with Gasteiger partial charge in [0.15, 0.2) is 6.04 Å². The minimum absolute atomic E-state index is 0.0831. The maximum atomic E-state index is 11.7. The number of carboxylic acids is 1. The lowest BCUT2D eigenvalue weighted by Crippen LogP contribution is -2.55. The molecule has 0 aromatic carbocycles. The van der Waals surface area contributed by atoms with Crippen molar-refractivity contribution >= 4 is 17.9 Å². The van der Waals surface area contributed by atoms with E-state index in [1.807, 2.05) is 5.32 Å². The van der Waals surface area contributed by atoms with Gasteiger partial charge in [0.2, 0.25) is 5.91 Å². The first-order valence-electron chi connectivity index (χ1n) is 7.25. The zero-order valence-electron chi connectivity index (χ0n) is 13.4. The van der Waals surface area contributed by atoms with E-state index in [0.717, 1.165) is 0 Å². The summed E-state index contributed by atoms with van der Waals surface area (Å²) < 4.78 is 0. The second kappa shape index (κ2) is 11.5. The van der Waals surface area contributed by atoms with Crippen molar-refractivity contribution in [3.8, 4) is 0 Å². The highest BCUT2D eigenvalue weighted by Gasteiger charge is 2.21. The summed E-state index contributed by atoms with van der Waals surface area (Å²) in [5.41, 5.74) is 16.1. The van der Waals surface area contributed by atoms with Crippen LogP contribution in [0.2, 0.25) is 0 Å². The van der Waals surface area contributed by atoms with E-state index in [2.05, 4.69) is 16.2 Å². The van der Waals surface area contributed by atoms with Crippen LogP contribution in [0, 0.1) is 0 Å². The first-order valence-corrected chi connectivity index (χ1v) is 7.25. The Labute approximate surface area is 138 Å². The molecule has 0 rings (SSSR count). The van der Waals surface area contributed by atoms with Gasteiger partial charge in [-0.25, -0.2) is 9.59 Å². The van der Waals surface area contributed by atoms with Gasteiger partial charge in [0.25, 0.3) is 0 Å². The standard InChI is InChI=1S/C12H26N6O6/c1-6(20)8(13)4-16-15-3-7(2-10(14)21)17-12(24)18-9(5-19)11(22)23/h6-9,15-16,19-20H,2-5,13H2,1H3,(H2,14,21)(H,22,23)(H2,17,18,24). The summed E-state index contributed by atoms with van der Waals surface area (Å²) in [7, 11) is 0. The molecule has 0 saturated carbocycles. The Morgan fingerprint density at radius 2 is 1.71 bits per heavy atom. The molecular weight excluding hydrogens is 324 g/mol. The number of hydrogen-bond donors (Lipinski definition) is 9. The smallest absolute Gasteiger partial charge is 0.328 e. The lowest BCUT2D eigenvalue weighted by molar-refractivity contribution is -0.140. The molecular formula is C12H26N6O6. The van der Waals surface area contributed by atoms with E-state index in [1.165, 1.54) is 6.92 Å². The Kier molecular flexibility index (Phi) is 10.6. The molecule has 0 radical (unpaired) electrons. The number of nitrogens with two attached hydrogens (primary N) is 2. The number of primary amides is 1. The summed E-state index contributed by atoms with van der Waals surface area (Å²) in [6.45, 7) is 1.08. The number of rotatable bonds is 12. The lowest BCUT2D eigenvalue weighted by Gasteiger charge is -2.21. The molecule has 0 aromatic heterocycles. The van der Waals surface area contributed by atoms with Crippen LogP contribution in [0.15, 0.2) is 0 Å². The lowest BCUT2D eigenvalue weighted by atomic mass is 10.2. The second-order valence-electron chi connectivity index (χ2n) is 5.22. The third-order valence-electron chi connectivity index (χ3n) is 3.00. The summed E-state index contributed by atoms with van der Waals surface area (Å²) in [4.78, 5) is 33.4. The number of hydrazine groups is 1. The number of aliphatic hydroxyl groups excluding tert-OH is 2. The average molecular weight is 350 g/mol. The zero-order chi connectivity index (χ0) is 18.7. The van der Waals surface area contributed by atoms with Crippen molar-refractivity contribution in [3.05, 3.63) is 0 Å². The highest BCUT2D eigenvalue weighted by Crippen LogP contribution is 1.91. The fourth-order valence-corrected chi connectivity index (χ4v) is 1.54. The second-order valence-corrected chi connectivity index (χ2v) is 5.22. The number of urea groups is 1. The van der Waals surface area contributed by atoms with Crippen LogP contribution < -0.4 is 33.0 Å². The molecule has 0 fully saturated rings. The van der Waals surface area contributed by atoms with E-state index >= 15 is 0 Å². The molecule has 0 aliphatic rings.